The molecule has 0 unspecified atom stereocenters. The quantitative estimate of drug-likeness (QED) is 0.756. The molecule has 0 spiro atoms. The van der Waals surface area contributed by atoms with E-state index in [-0.39, 0.29) is 5.91 Å². The third-order valence-corrected chi connectivity index (χ3v) is 6.42. The lowest BCUT2D eigenvalue weighted by atomic mass is 10.1. The summed E-state index contributed by atoms with van der Waals surface area (Å²) in [6.45, 7) is 5.34. The molecule has 1 fully saturated rings. The van der Waals surface area contributed by atoms with Crippen LogP contribution in [0.5, 0.6) is 0 Å². The second kappa shape index (κ2) is 8.97. The monoisotopic (exact) mass is 381 g/mol. The number of nitrogens with zero attached hydrogens (tertiary/aromatic N) is 1. The van der Waals surface area contributed by atoms with E-state index in [4.69, 9.17) is 5.73 Å². The standard InChI is InChI=1S/C19H31N3O3S/c1-19(2,20)15-21-18(23)12-9-16-7-10-17(11-8-16)26(24,25)22-13-5-3-4-6-14-22/h7-8,10-11H,3-6,9,12-15,20H2,1-2H3,(H,21,23). The van der Waals surface area contributed by atoms with Crippen LogP contribution in [0, 0.1) is 0 Å². The fourth-order valence-corrected chi connectivity index (χ4v) is 4.45. The SMILES string of the molecule is CC(C)(N)CNC(=O)CCc1ccc(S(=O)(=O)N2CCCCCC2)cc1. The molecule has 1 aliphatic rings. The van der Waals surface area contributed by atoms with Crippen molar-refractivity contribution < 1.29 is 13.2 Å². The first-order chi connectivity index (χ1) is 12.2. The molecule has 0 bridgehead atoms. The maximum Gasteiger partial charge on any atom is 0.243 e. The van der Waals surface area contributed by atoms with Gasteiger partial charge in [-0.05, 0) is 50.8 Å². The molecule has 1 aromatic carbocycles. The van der Waals surface area contributed by atoms with Crippen molar-refractivity contribution in [2.24, 2.45) is 5.73 Å². The van der Waals surface area contributed by atoms with E-state index in [2.05, 4.69) is 5.32 Å². The van der Waals surface area contributed by atoms with Gasteiger partial charge in [0.15, 0.2) is 0 Å². The number of benzene rings is 1. The van der Waals surface area contributed by atoms with Crippen LogP contribution in [0.15, 0.2) is 29.2 Å². The summed E-state index contributed by atoms with van der Waals surface area (Å²) in [5.74, 6) is -0.0511. The molecule has 1 aromatic rings. The van der Waals surface area contributed by atoms with Gasteiger partial charge < -0.3 is 11.1 Å². The van der Waals surface area contributed by atoms with Gasteiger partial charge in [-0.25, -0.2) is 8.42 Å². The summed E-state index contributed by atoms with van der Waals surface area (Å²) in [5, 5.41) is 2.81. The van der Waals surface area contributed by atoms with E-state index in [1.807, 2.05) is 13.8 Å². The van der Waals surface area contributed by atoms with Crippen molar-refractivity contribution in [3.63, 3.8) is 0 Å². The molecule has 3 N–H and O–H groups in total. The Bertz CT molecular complexity index is 686. The van der Waals surface area contributed by atoms with Gasteiger partial charge in [-0.15, -0.1) is 0 Å². The van der Waals surface area contributed by atoms with Crippen LogP contribution in [-0.2, 0) is 21.2 Å². The summed E-state index contributed by atoms with van der Waals surface area (Å²) in [7, 11) is -3.42. The second-order valence-corrected chi connectivity index (χ2v) is 9.67. The highest BCUT2D eigenvalue weighted by molar-refractivity contribution is 7.89. The Labute approximate surface area is 157 Å². The molecular weight excluding hydrogens is 350 g/mol. The molecule has 0 aromatic heterocycles. The fraction of sp³-hybridized carbons (Fsp3) is 0.632. The van der Waals surface area contributed by atoms with Crippen LogP contribution >= 0.6 is 0 Å². The molecule has 0 atom stereocenters. The number of sulfonamides is 1. The average molecular weight is 382 g/mol. The molecule has 0 radical (unpaired) electrons. The Morgan fingerprint density at radius 2 is 1.69 bits per heavy atom. The van der Waals surface area contributed by atoms with E-state index in [1.165, 1.54) is 0 Å². The Balaban J connectivity index is 1.92. The van der Waals surface area contributed by atoms with Gasteiger partial charge in [-0.3, -0.25) is 4.79 Å². The number of aryl methyl sites for hydroxylation is 1. The Hall–Kier alpha value is -1.44. The fourth-order valence-electron chi connectivity index (χ4n) is 2.93. The largest absolute Gasteiger partial charge is 0.354 e. The zero-order valence-corrected chi connectivity index (χ0v) is 16.6. The maximum absolute atomic E-state index is 12.7. The number of nitrogens with two attached hydrogens (primary N) is 1. The van der Waals surface area contributed by atoms with Crippen molar-refractivity contribution in [1.29, 1.82) is 0 Å². The van der Waals surface area contributed by atoms with Gasteiger partial charge in [0.05, 0.1) is 4.90 Å². The number of rotatable bonds is 7. The number of carbonyl (C=O) groups excluding carboxylic acids is 1. The summed E-state index contributed by atoms with van der Waals surface area (Å²) in [4.78, 5) is 12.2. The lowest BCUT2D eigenvalue weighted by Crippen LogP contribution is -2.45. The normalized spacial score (nSPS) is 16.9. The first-order valence-corrected chi connectivity index (χ1v) is 10.8. The first kappa shape index (κ1) is 20.9. The van der Waals surface area contributed by atoms with Crippen molar-refractivity contribution in [1.82, 2.24) is 9.62 Å². The Morgan fingerprint density at radius 1 is 1.12 bits per heavy atom. The number of amides is 1. The highest BCUT2D eigenvalue weighted by Gasteiger charge is 2.24. The number of carbonyl (C=O) groups is 1. The van der Waals surface area contributed by atoms with Crippen LogP contribution in [0.4, 0.5) is 0 Å². The zero-order valence-electron chi connectivity index (χ0n) is 15.8. The van der Waals surface area contributed by atoms with Crippen molar-refractivity contribution in [3.8, 4) is 0 Å². The van der Waals surface area contributed by atoms with Gasteiger partial charge >= 0.3 is 0 Å². The number of nitrogens with one attached hydrogen (secondary N) is 1. The van der Waals surface area contributed by atoms with Crippen LogP contribution < -0.4 is 11.1 Å². The molecule has 6 nitrogen and oxygen atoms in total. The van der Waals surface area contributed by atoms with Gasteiger partial charge in [0, 0.05) is 31.6 Å². The van der Waals surface area contributed by atoms with E-state index in [0.29, 0.717) is 37.4 Å². The molecule has 1 aliphatic heterocycles. The van der Waals surface area contributed by atoms with E-state index in [9.17, 15) is 13.2 Å². The number of hydrogen-bond donors (Lipinski definition) is 2. The molecule has 1 amide bonds. The smallest absolute Gasteiger partial charge is 0.243 e. The van der Waals surface area contributed by atoms with Crippen molar-refractivity contribution in [2.45, 2.75) is 62.8 Å². The first-order valence-electron chi connectivity index (χ1n) is 9.33. The van der Waals surface area contributed by atoms with Gasteiger partial charge in [0.2, 0.25) is 15.9 Å². The predicted octanol–water partition coefficient (Wildman–Crippen LogP) is 2.04. The minimum absolute atomic E-state index is 0.0511. The second-order valence-electron chi connectivity index (χ2n) is 7.73. The molecular formula is C19H31N3O3S. The summed E-state index contributed by atoms with van der Waals surface area (Å²) in [5.41, 5.74) is 6.36. The third-order valence-electron chi connectivity index (χ3n) is 4.51. The summed E-state index contributed by atoms with van der Waals surface area (Å²) in [6.07, 6.45) is 4.95. The molecule has 0 aliphatic carbocycles. The molecule has 7 heteroatoms. The predicted molar refractivity (Wildman–Crippen MR) is 103 cm³/mol. The maximum atomic E-state index is 12.7. The molecule has 26 heavy (non-hydrogen) atoms. The minimum atomic E-state index is -3.42. The summed E-state index contributed by atoms with van der Waals surface area (Å²) < 4.78 is 27.1. The highest BCUT2D eigenvalue weighted by atomic mass is 32.2. The molecule has 146 valence electrons. The van der Waals surface area contributed by atoms with E-state index >= 15 is 0 Å². The molecule has 1 heterocycles. The van der Waals surface area contributed by atoms with Crippen LogP contribution in [0.1, 0.15) is 51.5 Å². The molecule has 2 rings (SSSR count). The van der Waals surface area contributed by atoms with E-state index in [0.717, 1.165) is 31.2 Å². The van der Waals surface area contributed by atoms with Crippen LogP contribution in [-0.4, -0.2) is 43.8 Å². The summed E-state index contributed by atoms with van der Waals surface area (Å²) in [6, 6.07) is 6.89. The Kier molecular flexibility index (Phi) is 7.20. The zero-order chi connectivity index (χ0) is 19.2. The lowest BCUT2D eigenvalue weighted by Gasteiger charge is -2.20. The lowest BCUT2D eigenvalue weighted by molar-refractivity contribution is -0.121. The van der Waals surface area contributed by atoms with Crippen molar-refractivity contribution in [2.75, 3.05) is 19.6 Å². The van der Waals surface area contributed by atoms with Crippen molar-refractivity contribution >= 4 is 15.9 Å². The summed E-state index contributed by atoms with van der Waals surface area (Å²) >= 11 is 0. The van der Waals surface area contributed by atoms with Gasteiger partial charge in [-0.1, -0.05) is 25.0 Å². The number of hydrogen-bond acceptors (Lipinski definition) is 4. The molecule has 1 saturated heterocycles. The van der Waals surface area contributed by atoms with Crippen LogP contribution in [0.25, 0.3) is 0 Å². The van der Waals surface area contributed by atoms with E-state index < -0.39 is 15.6 Å². The average Bonchev–Trinajstić information content (AvgIpc) is 2.88. The Morgan fingerprint density at radius 3 is 2.23 bits per heavy atom. The molecule has 0 saturated carbocycles. The highest BCUT2D eigenvalue weighted by Crippen LogP contribution is 2.21. The van der Waals surface area contributed by atoms with Gasteiger partial charge in [-0.2, -0.15) is 4.31 Å². The van der Waals surface area contributed by atoms with Crippen LogP contribution in [0.2, 0.25) is 0 Å². The van der Waals surface area contributed by atoms with Crippen LogP contribution in [0.3, 0.4) is 0 Å². The van der Waals surface area contributed by atoms with Gasteiger partial charge in [0.25, 0.3) is 0 Å². The van der Waals surface area contributed by atoms with Crippen molar-refractivity contribution in [3.05, 3.63) is 29.8 Å². The van der Waals surface area contributed by atoms with Gasteiger partial charge in [0.1, 0.15) is 0 Å². The third kappa shape index (κ3) is 6.37. The minimum Gasteiger partial charge on any atom is -0.354 e. The van der Waals surface area contributed by atoms with E-state index in [1.54, 1.807) is 28.6 Å². The topological polar surface area (TPSA) is 92.5 Å².